The number of hydrogen-bond acceptors (Lipinski definition) is 5. The van der Waals surface area contributed by atoms with Crippen LogP contribution in [0.2, 0.25) is 5.15 Å². The lowest BCUT2D eigenvalue weighted by Crippen LogP contribution is -2.52. The van der Waals surface area contributed by atoms with Gasteiger partial charge >= 0.3 is 0 Å². The van der Waals surface area contributed by atoms with Crippen molar-refractivity contribution in [3.8, 4) is 0 Å². The SMILES string of the molecule is O=C(C1CCN(S(=O)(=O)c2cccnc2Cl)CC1)N1CCN(c2ccccc2F)CC1. The molecule has 1 aromatic carbocycles. The molecule has 2 aromatic rings. The number of carbonyl (C=O) groups is 1. The highest BCUT2D eigenvalue weighted by atomic mass is 35.5. The van der Waals surface area contributed by atoms with Crippen molar-refractivity contribution in [3.63, 3.8) is 0 Å². The summed E-state index contributed by atoms with van der Waals surface area (Å²) >= 11 is 5.97. The van der Waals surface area contributed by atoms with Gasteiger partial charge in [-0.15, -0.1) is 0 Å². The summed E-state index contributed by atoms with van der Waals surface area (Å²) in [5.74, 6) is -0.426. The lowest BCUT2D eigenvalue weighted by molar-refractivity contribution is -0.137. The fourth-order valence-electron chi connectivity index (χ4n) is 4.18. The molecule has 0 bridgehead atoms. The largest absolute Gasteiger partial charge is 0.366 e. The maximum atomic E-state index is 14.0. The van der Waals surface area contributed by atoms with Crippen molar-refractivity contribution < 1.29 is 17.6 Å². The molecule has 0 saturated carbocycles. The first kappa shape index (κ1) is 22.0. The summed E-state index contributed by atoms with van der Waals surface area (Å²) in [7, 11) is -3.74. The molecule has 0 radical (unpaired) electrons. The molecule has 2 fully saturated rings. The Balaban J connectivity index is 1.33. The highest BCUT2D eigenvalue weighted by Gasteiger charge is 2.35. The Morgan fingerprint density at radius 1 is 1.00 bits per heavy atom. The van der Waals surface area contributed by atoms with E-state index in [1.54, 1.807) is 18.2 Å². The number of para-hydroxylation sites is 1. The average Bonchev–Trinajstić information content (AvgIpc) is 2.79. The quantitative estimate of drug-likeness (QED) is 0.647. The van der Waals surface area contributed by atoms with Crippen LogP contribution in [-0.4, -0.2) is 67.8 Å². The van der Waals surface area contributed by atoms with Crippen LogP contribution in [0.3, 0.4) is 0 Å². The number of anilines is 1. The first-order valence-corrected chi connectivity index (χ1v) is 12.1. The molecule has 1 aromatic heterocycles. The molecule has 10 heteroatoms. The van der Waals surface area contributed by atoms with Gasteiger partial charge in [0.05, 0.1) is 5.69 Å². The molecule has 2 saturated heterocycles. The molecular weight excluding hydrogens is 443 g/mol. The Hall–Kier alpha value is -2.23. The fourth-order valence-corrected chi connectivity index (χ4v) is 6.08. The van der Waals surface area contributed by atoms with Crippen molar-refractivity contribution in [2.24, 2.45) is 5.92 Å². The Labute approximate surface area is 186 Å². The molecule has 166 valence electrons. The van der Waals surface area contributed by atoms with E-state index in [2.05, 4.69) is 4.98 Å². The third-order valence-electron chi connectivity index (χ3n) is 5.93. The second kappa shape index (κ2) is 9.10. The number of hydrogen-bond donors (Lipinski definition) is 0. The predicted molar refractivity (Wildman–Crippen MR) is 116 cm³/mol. The number of piperidine rings is 1. The number of benzene rings is 1. The topological polar surface area (TPSA) is 73.8 Å². The Kier molecular flexibility index (Phi) is 6.45. The van der Waals surface area contributed by atoms with E-state index in [0.717, 1.165) is 0 Å². The number of aromatic nitrogens is 1. The van der Waals surface area contributed by atoms with Gasteiger partial charge in [-0.2, -0.15) is 4.31 Å². The summed E-state index contributed by atoms with van der Waals surface area (Å²) in [4.78, 5) is 20.6. The molecule has 0 spiro atoms. The lowest BCUT2D eigenvalue weighted by atomic mass is 9.96. The van der Waals surface area contributed by atoms with E-state index in [9.17, 15) is 17.6 Å². The standard InChI is InChI=1S/C21H24ClFN4O3S/c22-20-19(6-3-9-24-20)31(29,30)27-10-7-16(8-11-27)21(28)26-14-12-25(13-15-26)18-5-2-1-4-17(18)23/h1-6,9,16H,7-8,10-15H2. The van der Waals surface area contributed by atoms with Gasteiger partial charge in [-0.25, -0.2) is 17.8 Å². The molecule has 3 heterocycles. The van der Waals surface area contributed by atoms with Crippen molar-refractivity contribution >= 4 is 33.2 Å². The Morgan fingerprint density at radius 2 is 1.68 bits per heavy atom. The van der Waals surface area contributed by atoms with E-state index >= 15 is 0 Å². The van der Waals surface area contributed by atoms with Crippen molar-refractivity contribution in [1.29, 1.82) is 0 Å². The predicted octanol–water partition coefficient (Wildman–Crippen LogP) is 2.62. The van der Waals surface area contributed by atoms with Crippen molar-refractivity contribution in [2.45, 2.75) is 17.7 Å². The van der Waals surface area contributed by atoms with Crippen molar-refractivity contribution in [2.75, 3.05) is 44.2 Å². The smallest absolute Gasteiger partial charge is 0.246 e. The number of piperazine rings is 1. The zero-order valence-electron chi connectivity index (χ0n) is 17.0. The Bertz CT molecular complexity index is 1050. The Morgan fingerprint density at radius 3 is 2.32 bits per heavy atom. The molecular formula is C21H24ClFN4O3S. The van der Waals surface area contributed by atoms with Crippen molar-refractivity contribution in [1.82, 2.24) is 14.2 Å². The number of rotatable bonds is 4. The van der Waals surface area contributed by atoms with Gasteiger partial charge in [0.25, 0.3) is 0 Å². The summed E-state index contributed by atoms with van der Waals surface area (Å²) in [6, 6.07) is 9.63. The number of pyridine rings is 1. The van der Waals surface area contributed by atoms with E-state index in [0.29, 0.717) is 44.7 Å². The zero-order chi connectivity index (χ0) is 22.0. The van der Waals surface area contributed by atoms with Crippen LogP contribution in [0.15, 0.2) is 47.5 Å². The molecule has 1 amide bonds. The summed E-state index contributed by atoms with van der Waals surface area (Å²) in [5.41, 5.74) is 0.558. The van der Waals surface area contributed by atoms with Crippen LogP contribution in [-0.2, 0) is 14.8 Å². The maximum Gasteiger partial charge on any atom is 0.246 e. The minimum Gasteiger partial charge on any atom is -0.366 e. The molecule has 2 aliphatic heterocycles. The van der Waals surface area contributed by atoms with Crippen LogP contribution in [0.25, 0.3) is 0 Å². The third-order valence-corrected chi connectivity index (χ3v) is 8.27. The van der Waals surface area contributed by atoms with Crippen LogP contribution >= 0.6 is 11.6 Å². The first-order valence-electron chi connectivity index (χ1n) is 10.3. The molecule has 4 rings (SSSR count). The maximum absolute atomic E-state index is 14.0. The molecule has 0 N–H and O–H groups in total. The van der Waals surface area contributed by atoms with Crippen LogP contribution < -0.4 is 4.90 Å². The monoisotopic (exact) mass is 466 g/mol. The molecule has 0 atom stereocenters. The molecule has 7 nitrogen and oxygen atoms in total. The zero-order valence-corrected chi connectivity index (χ0v) is 18.5. The van der Waals surface area contributed by atoms with E-state index in [1.807, 2.05) is 9.80 Å². The van der Waals surface area contributed by atoms with Gasteiger partial charge in [-0.1, -0.05) is 23.7 Å². The minimum atomic E-state index is -3.74. The molecule has 31 heavy (non-hydrogen) atoms. The van der Waals surface area contributed by atoms with Gasteiger partial charge in [0.1, 0.15) is 15.9 Å². The minimum absolute atomic E-state index is 0.00860. The van der Waals surface area contributed by atoms with Gasteiger partial charge < -0.3 is 9.80 Å². The number of carbonyl (C=O) groups excluding carboxylic acids is 1. The highest BCUT2D eigenvalue weighted by molar-refractivity contribution is 7.89. The summed E-state index contributed by atoms with van der Waals surface area (Å²) in [6.07, 6.45) is 2.37. The first-order chi connectivity index (χ1) is 14.9. The van der Waals surface area contributed by atoms with Crippen LogP contribution in [0.5, 0.6) is 0 Å². The van der Waals surface area contributed by atoms with Crippen molar-refractivity contribution in [3.05, 3.63) is 53.6 Å². The summed E-state index contributed by atoms with van der Waals surface area (Å²) in [5, 5.41) is -0.0478. The number of halogens is 2. The summed E-state index contributed by atoms with van der Waals surface area (Å²) < 4.78 is 41.1. The summed E-state index contributed by atoms with van der Waals surface area (Å²) in [6.45, 7) is 2.71. The lowest BCUT2D eigenvalue weighted by Gasteiger charge is -2.39. The van der Waals surface area contributed by atoms with Crippen LogP contribution in [0, 0.1) is 11.7 Å². The van der Waals surface area contributed by atoms with Gasteiger partial charge in [-0.05, 0) is 37.1 Å². The van der Waals surface area contributed by atoms with Gasteiger partial charge in [-0.3, -0.25) is 4.79 Å². The van der Waals surface area contributed by atoms with Gasteiger partial charge in [0.15, 0.2) is 0 Å². The van der Waals surface area contributed by atoms with Crippen LogP contribution in [0.1, 0.15) is 12.8 Å². The second-order valence-electron chi connectivity index (χ2n) is 7.73. The number of amides is 1. The average molecular weight is 467 g/mol. The van der Waals surface area contributed by atoms with E-state index in [-0.39, 0.29) is 40.8 Å². The van der Waals surface area contributed by atoms with E-state index in [1.165, 1.54) is 28.7 Å². The second-order valence-corrected chi connectivity index (χ2v) is 10.00. The number of sulfonamides is 1. The normalized spacial score (nSPS) is 18.9. The van der Waals surface area contributed by atoms with Crippen LogP contribution in [0.4, 0.5) is 10.1 Å². The highest BCUT2D eigenvalue weighted by Crippen LogP contribution is 2.28. The van der Waals surface area contributed by atoms with E-state index < -0.39 is 10.0 Å². The van der Waals surface area contributed by atoms with Gasteiger partial charge in [0.2, 0.25) is 15.9 Å². The van der Waals surface area contributed by atoms with E-state index in [4.69, 9.17) is 11.6 Å². The third kappa shape index (κ3) is 4.53. The molecule has 0 unspecified atom stereocenters. The molecule has 2 aliphatic rings. The van der Waals surface area contributed by atoms with Gasteiger partial charge in [0, 0.05) is 51.4 Å². The fraction of sp³-hybridized carbons (Fsp3) is 0.429. The molecule has 0 aliphatic carbocycles. The number of nitrogens with zero attached hydrogens (tertiary/aromatic N) is 4.